The van der Waals surface area contributed by atoms with Crippen LogP contribution in [0.3, 0.4) is 0 Å². The zero-order chi connectivity index (χ0) is 60.9. The van der Waals surface area contributed by atoms with Crippen molar-refractivity contribution in [2.75, 3.05) is 19.8 Å². The van der Waals surface area contributed by atoms with E-state index in [1.54, 1.807) is 6.08 Å². The molecule has 1 rings (SSSR count). The van der Waals surface area contributed by atoms with Gasteiger partial charge in [-0.25, -0.2) is 0 Å². The summed E-state index contributed by atoms with van der Waals surface area (Å²) in [5, 5.41) is 54.4. The number of rotatable bonds is 65. The Balaban J connectivity index is 1.92. The van der Waals surface area contributed by atoms with Crippen molar-refractivity contribution in [3.63, 3.8) is 0 Å². The Hall–Kier alpha value is -1.86. The van der Waals surface area contributed by atoms with E-state index in [2.05, 4.69) is 31.3 Å². The molecule has 1 heterocycles. The van der Waals surface area contributed by atoms with Crippen LogP contribution in [0.1, 0.15) is 367 Å². The normalized spacial score (nSPS) is 18.1. The molecule has 1 amide bonds. The minimum Gasteiger partial charge on any atom is -0.466 e. The minimum absolute atomic E-state index is 0.0127. The van der Waals surface area contributed by atoms with Gasteiger partial charge < -0.3 is 45.1 Å². The van der Waals surface area contributed by atoms with Crippen LogP contribution in [0.2, 0.25) is 0 Å². The molecule has 11 heteroatoms. The fourth-order valence-electron chi connectivity index (χ4n) is 11.8. The maximum absolute atomic E-state index is 13.0. The molecular formula is C73H139NO10. The second kappa shape index (κ2) is 62.7. The van der Waals surface area contributed by atoms with Gasteiger partial charge in [-0.2, -0.15) is 0 Å². The third-order valence-electron chi connectivity index (χ3n) is 17.6. The van der Waals surface area contributed by atoms with E-state index in [4.69, 9.17) is 14.2 Å². The van der Waals surface area contributed by atoms with Crippen molar-refractivity contribution < 1.29 is 49.3 Å². The van der Waals surface area contributed by atoms with Crippen molar-refractivity contribution in [1.82, 2.24) is 5.32 Å². The summed E-state index contributed by atoms with van der Waals surface area (Å²) in [6, 6.07) is -0.806. The first-order valence-electron chi connectivity index (χ1n) is 36.6. The number of carbonyl (C=O) groups excluding carboxylic acids is 2. The Morgan fingerprint density at radius 3 is 1.14 bits per heavy atom. The maximum Gasteiger partial charge on any atom is 0.305 e. The summed E-state index contributed by atoms with van der Waals surface area (Å²) < 4.78 is 16.7. The van der Waals surface area contributed by atoms with Crippen LogP contribution in [0.15, 0.2) is 24.3 Å². The number of amides is 1. The van der Waals surface area contributed by atoms with Crippen LogP contribution in [0, 0.1) is 0 Å². The zero-order valence-corrected chi connectivity index (χ0v) is 55.1. The summed E-state index contributed by atoms with van der Waals surface area (Å²) in [5.41, 5.74) is 0. The summed E-state index contributed by atoms with van der Waals surface area (Å²) >= 11 is 0. The van der Waals surface area contributed by atoms with E-state index in [9.17, 15) is 35.1 Å². The largest absolute Gasteiger partial charge is 0.466 e. The molecule has 0 spiro atoms. The summed E-state index contributed by atoms with van der Waals surface area (Å²) in [5.74, 6) is -0.165. The molecule has 0 radical (unpaired) electrons. The van der Waals surface area contributed by atoms with E-state index in [-0.39, 0.29) is 18.5 Å². The van der Waals surface area contributed by atoms with Gasteiger partial charge in [0.25, 0.3) is 0 Å². The molecule has 11 nitrogen and oxygen atoms in total. The van der Waals surface area contributed by atoms with Crippen molar-refractivity contribution >= 4 is 11.9 Å². The Morgan fingerprint density at radius 2 is 0.762 bits per heavy atom. The third kappa shape index (κ3) is 51.1. The molecule has 0 aliphatic carbocycles. The molecule has 7 atom stereocenters. The number of nitrogens with one attached hydrogen (secondary N) is 1. The Morgan fingerprint density at radius 1 is 0.429 bits per heavy atom. The van der Waals surface area contributed by atoms with Crippen LogP contribution >= 0.6 is 0 Å². The van der Waals surface area contributed by atoms with Gasteiger partial charge in [-0.15, -0.1) is 0 Å². The van der Waals surface area contributed by atoms with Crippen molar-refractivity contribution in [2.45, 2.75) is 410 Å². The zero-order valence-electron chi connectivity index (χ0n) is 55.1. The molecule has 0 aromatic heterocycles. The molecule has 1 aliphatic rings. The van der Waals surface area contributed by atoms with Crippen LogP contribution in [0.25, 0.3) is 0 Å². The van der Waals surface area contributed by atoms with Crippen LogP contribution in [0.5, 0.6) is 0 Å². The van der Waals surface area contributed by atoms with Gasteiger partial charge >= 0.3 is 5.97 Å². The number of ether oxygens (including phenoxy) is 3. The molecule has 1 fully saturated rings. The molecule has 0 saturated carbocycles. The first kappa shape index (κ1) is 80.2. The standard InChI is InChI=1S/C73H139NO10/c1-3-5-7-9-11-13-15-41-45-49-53-57-61-69(78)82-62-58-54-50-46-42-38-36-34-32-30-28-26-24-22-20-18-16-17-19-21-23-25-27-29-31-33-35-37-40-44-48-52-56-60-68(77)74-65(64-83-73-72(81)71(80)70(79)67(63-75)84-73)66(76)59-55-51-47-43-39-14-12-10-8-6-4-2/h20,22,55,59,65-67,70-73,75-76,79-81H,3-19,21,23-54,56-58,60-64H2,1-2H3,(H,74,77)/b22-20-,59-55+. The summed E-state index contributed by atoms with van der Waals surface area (Å²) in [6.45, 7) is 4.37. The molecule has 7 unspecified atom stereocenters. The highest BCUT2D eigenvalue weighted by molar-refractivity contribution is 5.76. The number of aliphatic hydroxyl groups excluding tert-OH is 5. The molecule has 496 valence electrons. The van der Waals surface area contributed by atoms with Crippen molar-refractivity contribution in [1.29, 1.82) is 0 Å². The molecule has 84 heavy (non-hydrogen) atoms. The second-order valence-corrected chi connectivity index (χ2v) is 25.7. The van der Waals surface area contributed by atoms with Crippen LogP contribution in [-0.2, 0) is 23.8 Å². The Kier molecular flexibility index (Phi) is 59.9. The molecule has 0 aromatic rings. The van der Waals surface area contributed by atoms with Gasteiger partial charge in [-0.3, -0.25) is 9.59 Å². The number of carbonyl (C=O) groups is 2. The fourth-order valence-corrected chi connectivity index (χ4v) is 11.8. The van der Waals surface area contributed by atoms with E-state index in [1.807, 2.05) is 6.08 Å². The molecule has 0 bridgehead atoms. The summed E-state index contributed by atoms with van der Waals surface area (Å²) in [4.78, 5) is 25.1. The number of allylic oxidation sites excluding steroid dienone is 3. The molecule has 0 aromatic carbocycles. The SMILES string of the molecule is CCCCCCCCCCC/C=C/C(O)C(COC1OC(CO)C(O)C(O)C1O)NC(=O)CCCCCCCCCCCCCCCCCCC/C=C\CCCCCCCCCCCCCCOC(=O)CCCCCCCCCCCCCC. The Labute approximate surface area is 518 Å². The smallest absolute Gasteiger partial charge is 0.305 e. The predicted molar refractivity (Wildman–Crippen MR) is 352 cm³/mol. The van der Waals surface area contributed by atoms with Gasteiger partial charge in [0.15, 0.2) is 6.29 Å². The number of hydrogen-bond acceptors (Lipinski definition) is 10. The number of esters is 1. The van der Waals surface area contributed by atoms with Crippen LogP contribution in [-0.4, -0.2) is 100 Å². The number of hydrogen-bond donors (Lipinski definition) is 6. The fraction of sp³-hybridized carbons (Fsp3) is 0.918. The summed E-state index contributed by atoms with van der Waals surface area (Å²) in [7, 11) is 0. The van der Waals surface area contributed by atoms with Gasteiger partial charge in [-0.1, -0.05) is 321 Å². The number of unbranched alkanes of at least 4 members (excludes halogenated alkanes) is 49. The number of aliphatic hydroxyl groups is 5. The average Bonchev–Trinajstić information content (AvgIpc) is 3.27. The third-order valence-corrected chi connectivity index (χ3v) is 17.6. The van der Waals surface area contributed by atoms with Crippen LogP contribution in [0.4, 0.5) is 0 Å². The summed E-state index contributed by atoms with van der Waals surface area (Å²) in [6.07, 6.45) is 69.0. The van der Waals surface area contributed by atoms with E-state index >= 15 is 0 Å². The first-order valence-corrected chi connectivity index (χ1v) is 36.6. The van der Waals surface area contributed by atoms with Crippen LogP contribution < -0.4 is 5.32 Å². The van der Waals surface area contributed by atoms with Gasteiger partial charge in [0.1, 0.15) is 24.4 Å². The van der Waals surface area contributed by atoms with Gasteiger partial charge in [-0.05, 0) is 57.8 Å². The highest BCUT2D eigenvalue weighted by Gasteiger charge is 2.44. The van der Waals surface area contributed by atoms with Gasteiger partial charge in [0.2, 0.25) is 5.91 Å². The topological polar surface area (TPSA) is 175 Å². The van der Waals surface area contributed by atoms with Gasteiger partial charge in [0.05, 0.1) is 32.0 Å². The quantitative estimate of drug-likeness (QED) is 0.0195. The molecule has 1 saturated heterocycles. The van der Waals surface area contributed by atoms with E-state index in [0.717, 1.165) is 51.4 Å². The van der Waals surface area contributed by atoms with Crippen molar-refractivity contribution in [2.24, 2.45) is 0 Å². The highest BCUT2D eigenvalue weighted by atomic mass is 16.7. The average molecular weight is 1190 g/mol. The maximum atomic E-state index is 13.0. The molecule has 1 aliphatic heterocycles. The minimum atomic E-state index is -1.57. The highest BCUT2D eigenvalue weighted by Crippen LogP contribution is 2.23. The molecule has 6 N–H and O–H groups in total. The predicted octanol–water partition coefficient (Wildman–Crippen LogP) is 18.8. The lowest BCUT2D eigenvalue weighted by Gasteiger charge is -2.40. The lowest BCUT2D eigenvalue weighted by Crippen LogP contribution is -2.60. The van der Waals surface area contributed by atoms with E-state index < -0.39 is 49.5 Å². The van der Waals surface area contributed by atoms with Gasteiger partial charge in [0, 0.05) is 12.8 Å². The van der Waals surface area contributed by atoms with E-state index in [1.165, 1.54) is 289 Å². The van der Waals surface area contributed by atoms with Crippen molar-refractivity contribution in [3.8, 4) is 0 Å². The molecular weight excluding hydrogens is 1050 g/mol. The second-order valence-electron chi connectivity index (χ2n) is 25.7. The monoisotopic (exact) mass is 1190 g/mol. The Bertz CT molecular complexity index is 1440. The first-order chi connectivity index (χ1) is 41.2. The van der Waals surface area contributed by atoms with E-state index in [0.29, 0.717) is 19.4 Å². The van der Waals surface area contributed by atoms with Crippen molar-refractivity contribution in [3.05, 3.63) is 24.3 Å². The lowest BCUT2D eigenvalue weighted by atomic mass is 9.99. The lowest BCUT2D eigenvalue weighted by molar-refractivity contribution is -0.302.